The first-order valence-electron chi connectivity index (χ1n) is 11.5. The highest BCUT2D eigenvalue weighted by molar-refractivity contribution is 5.95. The lowest BCUT2D eigenvalue weighted by atomic mass is 9.91. The van der Waals surface area contributed by atoms with E-state index in [1.165, 1.54) is 18.4 Å². The Morgan fingerprint density at radius 3 is 2.43 bits per heavy atom. The van der Waals surface area contributed by atoms with Crippen molar-refractivity contribution in [1.82, 2.24) is 20.0 Å². The summed E-state index contributed by atoms with van der Waals surface area (Å²) in [5.74, 6) is 1.48. The van der Waals surface area contributed by atoms with Crippen LogP contribution in [0.15, 0.2) is 30.5 Å². The Kier molecular flexibility index (Phi) is 7.05. The summed E-state index contributed by atoms with van der Waals surface area (Å²) in [5, 5.41) is 7.41. The van der Waals surface area contributed by atoms with Crippen molar-refractivity contribution in [2.24, 2.45) is 0 Å². The quantitative estimate of drug-likeness (QED) is 0.775. The van der Waals surface area contributed by atoms with E-state index in [1.54, 1.807) is 6.20 Å². The molecule has 0 spiro atoms. The summed E-state index contributed by atoms with van der Waals surface area (Å²) in [7, 11) is 0. The predicted octanol–water partition coefficient (Wildman–Crippen LogP) is 4.20. The average Bonchev–Trinajstić information content (AvgIpc) is 3.10. The molecular formula is C24H34N4O2. The van der Waals surface area contributed by atoms with Gasteiger partial charge >= 0.3 is 0 Å². The zero-order valence-corrected chi connectivity index (χ0v) is 18.1. The fourth-order valence-electron chi connectivity index (χ4n) is 4.72. The van der Waals surface area contributed by atoms with E-state index < -0.39 is 0 Å². The molecule has 4 rings (SSSR count). The Labute approximate surface area is 179 Å². The molecule has 0 bridgehead atoms. The van der Waals surface area contributed by atoms with Crippen LogP contribution in [0, 0.1) is 0 Å². The van der Waals surface area contributed by atoms with Crippen LogP contribution in [0.5, 0.6) is 5.75 Å². The van der Waals surface area contributed by atoms with Crippen molar-refractivity contribution in [3.05, 3.63) is 47.3 Å². The molecule has 2 saturated heterocycles. The monoisotopic (exact) mass is 410 g/mol. The number of hydrogen-bond acceptors (Lipinski definition) is 4. The van der Waals surface area contributed by atoms with E-state index >= 15 is 0 Å². The lowest BCUT2D eigenvalue weighted by Crippen LogP contribution is -2.35. The van der Waals surface area contributed by atoms with E-state index in [-0.39, 0.29) is 5.91 Å². The van der Waals surface area contributed by atoms with Crippen LogP contribution in [0.4, 0.5) is 0 Å². The largest absolute Gasteiger partial charge is 0.494 e. The number of likely N-dealkylation sites (tertiary alicyclic amines) is 2. The first kappa shape index (κ1) is 20.9. The van der Waals surface area contributed by atoms with E-state index in [4.69, 9.17) is 4.74 Å². The number of nitrogens with zero attached hydrogens (tertiary/aromatic N) is 3. The van der Waals surface area contributed by atoms with Crippen molar-refractivity contribution in [3.63, 3.8) is 0 Å². The second-order valence-corrected chi connectivity index (χ2v) is 8.53. The van der Waals surface area contributed by atoms with Gasteiger partial charge in [-0.05, 0) is 63.4 Å². The molecule has 0 unspecified atom stereocenters. The standard InChI is InChI=1S/C24H34N4O2/c1-2-30-21-9-7-19(8-10-21)18-27-15-11-20(12-16-27)23-22(17-25-26-23)24(29)28-13-5-3-4-6-14-28/h7-10,17,20H,2-6,11-16,18H2,1H3,(H,25,26). The van der Waals surface area contributed by atoms with Gasteiger partial charge in [-0.25, -0.2) is 0 Å². The van der Waals surface area contributed by atoms with E-state index in [1.807, 2.05) is 11.8 Å². The maximum atomic E-state index is 13.1. The number of aromatic nitrogens is 2. The first-order valence-corrected chi connectivity index (χ1v) is 11.5. The van der Waals surface area contributed by atoms with Gasteiger partial charge < -0.3 is 9.64 Å². The van der Waals surface area contributed by atoms with E-state index in [0.29, 0.717) is 12.5 Å². The second kappa shape index (κ2) is 10.1. The number of H-pyrrole nitrogens is 1. The number of piperidine rings is 1. The third-order valence-corrected chi connectivity index (χ3v) is 6.43. The highest BCUT2D eigenvalue weighted by atomic mass is 16.5. The lowest BCUT2D eigenvalue weighted by Gasteiger charge is -2.32. The van der Waals surface area contributed by atoms with Gasteiger partial charge in [-0.3, -0.25) is 14.8 Å². The number of ether oxygens (including phenoxy) is 1. The normalized spacial score (nSPS) is 18.9. The number of rotatable bonds is 6. The topological polar surface area (TPSA) is 61.5 Å². The van der Waals surface area contributed by atoms with Gasteiger partial charge in [0, 0.05) is 25.6 Å². The minimum atomic E-state index is 0.164. The van der Waals surface area contributed by atoms with Gasteiger partial charge in [0.2, 0.25) is 0 Å². The third-order valence-electron chi connectivity index (χ3n) is 6.43. The summed E-state index contributed by atoms with van der Waals surface area (Å²) >= 11 is 0. The number of nitrogens with one attached hydrogen (secondary N) is 1. The van der Waals surface area contributed by atoms with Gasteiger partial charge in [-0.1, -0.05) is 25.0 Å². The summed E-state index contributed by atoms with van der Waals surface area (Å²) in [6.45, 7) is 7.49. The number of amides is 1. The Morgan fingerprint density at radius 1 is 1.07 bits per heavy atom. The molecule has 6 heteroatoms. The number of carbonyl (C=O) groups excluding carboxylic acids is 1. The van der Waals surface area contributed by atoms with Crippen LogP contribution in [-0.4, -0.2) is 58.7 Å². The van der Waals surface area contributed by atoms with Crippen LogP contribution in [0.2, 0.25) is 0 Å². The molecule has 1 N–H and O–H groups in total. The third kappa shape index (κ3) is 5.04. The minimum Gasteiger partial charge on any atom is -0.494 e. The Bertz CT molecular complexity index is 801. The van der Waals surface area contributed by atoms with Crippen molar-refractivity contribution in [2.45, 2.75) is 57.9 Å². The predicted molar refractivity (Wildman–Crippen MR) is 118 cm³/mol. The molecule has 30 heavy (non-hydrogen) atoms. The van der Waals surface area contributed by atoms with Crippen LogP contribution in [-0.2, 0) is 6.54 Å². The van der Waals surface area contributed by atoms with Crippen LogP contribution >= 0.6 is 0 Å². The molecule has 1 aromatic carbocycles. The molecule has 1 amide bonds. The van der Waals surface area contributed by atoms with Crippen LogP contribution in [0.1, 0.15) is 73.0 Å². The molecular weight excluding hydrogens is 376 g/mol. The van der Waals surface area contributed by atoms with Crippen LogP contribution < -0.4 is 4.74 Å². The highest BCUT2D eigenvalue weighted by Gasteiger charge is 2.28. The summed E-state index contributed by atoms with van der Waals surface area (Å²) in [5.41, 5.74) is 3.15. The number of benzene rings is 1. The zero-order chi connectivity index (χ0) is 20.8. The number of carbonyl (C=O) groups is 1. The van der Waals surface area contributed by atoms with Crippen molar-refractivity contribution in [3.8, 4) is 5.75 Å². The van der Waals surface area contributed by atoms with E-state index in [9.17, 15) is 4.79 Å². The minimum absolute atomic E-state index is 0.164. The van der Waals surface area contributed by atoms with Gasteiger partial charge in [-0.2, -0.15) is 5.10 Å². The fraction of sp³-hybridized carbons (Fsp3) is 0.583. The Balaban J connectivity index is 1.33. The molecule has 2 aromatic rings. The molecule has 162 valence electrons. The van der Waals surface area contributed by atoms with E-state index in [2.05, 4.69) is 39.4 Å². The molecule has 0 aliphatic carbocycles. The molecule has 0 radical (unpaired) electrons. The fourth-order valence-corrected chi connectivity index (χ4v) is 4.72. The summed E-state index contributed by atoms with van der Waals surface area (Å²) in [6, 6.07) is 8.42. The van der Waals surface area contributed by atoms with Gasteiger partial charge in [0.05, 0.1) is 24.1 Å². The zero-order valence-electron chi connectivity index (χ0n) is 18.1. The molecule has 0 atom stereocenters. The van der Waals surface area contributed by atoms with Crippen LogP contribution in [0.25, 0.3) is 0 Å². The number of hydrogen-bond donors (Lipinski definition) is 1. The Morgan fingerprint density at radius 2 is 1.77 bits per heavy atom. The maximum absolute atomic E-state index is 13.1. The van der Waals surface area contributed by atoms with Gasteiger partial charge in [0.15, 0.2) is 0 Å². The molecule has 3 heterocycles. The molecule has 1 aromatic heterocycles. The SMILES string of the molecule is CCOc1ccc(CN2CCC(c3[nH]ncc3C(=O)N3CCCCCC3)CC2)cc1. The van der Waals surface area contributed by atoms with Crippen molar-refractivity contribution >= 4 is 5.91 Å². The van der Waals surface area contributed by atoms with E-state index in [0.717, 1.165) is 75.4 Å². The molecule has 2 aliphatic heterocycles. The first-order chi connectivity index (χ1) is 14.7. The van der Waals surface area contributed by atoms with Crippen molar-refractivity contribution < 1.29 is 9.53 Å². The molecule has 2 aliphatic rings. The summed E-state index contributed by atoms with van der Waals surface area (Å²) in [6.07, 6.45) is 8.54. The highest BCUT2D eigenvalue weighted by Crippen LogP contribution is 2.30. The summed E-state index contributed by atoms with van der Waals surface area (Å²) < 4.78 is 5.53. The Hall–Kier alpha value is -2.34. The van der Waals surface area contributed by atoms with Crippen molar-refractivity contribution in [1.29, 1.82) is 0 Å². The van der Waals surface area contributed by atoms with Gasteiger partial charge in [0.25, 0.3) is 5.91 Å². The summed E-state index contributed by atoms with van der Waals surface area (Å²) in [4.78, 5) is 17.6. The smallest absolute Gasteiger partial charge is 0.257 e. The van der Waals surface area contributed by atoms with Gasteiger partial charge in [0.1, 0.15) is 5.75 Å². The molecule has 2 fully saturated rings. The van der Waals surface area contributed by atoms with Gasteiger partial charge in [-0.15, -0.1) is 0 Å². The average molecular weight is 411 g/mol. The van der Waals surface area contributed by atoms with Crippen molar-refractivity contribution in [2.75, 3.05) is 32.8 Å². The molecule has 6 nitrogen and oxygen atoms in total. The number of aromatic amines is 1. The second-order valence-electron chi connectivity index (χ2n) is 8.53. The lowest BCUT2D eigenvalue weighted by molar-refractivity contribution is 0.0759. The maximum Gasteiger partial charge on any atom is 0.257 e. The molecule has 0 saturated carbocycles. The van der Waals surface area contributed by atoms with Crippen LogP contribution in [0.3, 0.4) is 0 Å².